The molecule has 1 aliphatic heterocycles. The van der Waals surface area contributed by atoms with Crippen LogP contribution < -0.4 is 4.90 Å². The molecule has 0 spiro atoms. The zero-order valence-electron chi connectivity index (χ0n) is 20.2. The quantitative estimate of drug-likeness (QED) is 0.321. The van der Waals surface area contributed by atoms with Gasteiger partial charge in [-0.25, -0.2) is 0 Å². The number of hydrogen-bond donors (Lipinski definition) is 0. The predicted octanol–water partition coefficient (Wildman–Crippen LogP) is 7.74. The summed E-state index contributed by atoms with van der Waals surface area (Å²) in [6, 6.07) is 25.1. The second-order valence-electron chi connectivity index (χ2n) is 11.0. The highest BCUT2D eigenvalue weighted by atomic mass is 15.3. The second-order valence-corrected chi connectivity index (χ2v) is 11.0. The first kappa shape index (κ1) is 19.9. The molecule has 164 valence electrons. The van der Waals surface area contributed by atoms with Gasteiger partial charge in [0.2, 0.25) is 0 Å². The monoisotopic (exact) mass is 422 g/mol. The number of hydrogen-bond acceptors (Lipinski definition) is 1. The van der Waals surface area contributed by atoms with Crippen molar-refractivity contribution in [2.45, 2.75) is 59.5 Å². The van der Waals surface area contributed by atoms with Gasteiger partial charge in [-0.2, -0.15) is 0 Å². The number of fused-ring (bicyclic) bond motifs is 5. The molecular formula is C30H34N2. The summed E-state index contributed by atoms with van der Waals surface area (Å²) in [5.41, 5.74) is 7.18. The lowest BCUT2D eigenvalue weighted by molar-refractivity contribution is 0.148. The lowest BCUT2D eigenvalue weighted by Gasteiger charge is -2.51. The molecule has 1 aliphatic carbocycles. The lowest BCUT2D eigenvalue weighted by atomic mass is 9.71. The zero-order chi connectivity index (χ0) is 22.4. The van der Waals surface area contributed by atoms with E-state index in [-0.39, 0.29) is 5.54 Å². The van der Waals surface area contributed by atoms with Crippen LogP contribution in [0.2, 0.25) is 0 Å². The molecule has 2 aliphatic rings. The molecule has 2 fully saturated rings. The van der Waals surface area contributed by atoms with E-state index in [0.717, 1.165) is 5.92 Å². The molecule has 2 heterocycles. The molecule has 32 heavy (non-hydrogen) atoms. The number of nitrogens with zero attached hydrogens (tertiary/aromatic N) is 2. The van der Waals surface area contributed by atoms with Crippen LogP contribution in [0.1, 0.15) is 46.6 Å². The van der Waals surface area contributed by atoms with Gasteiger partial charge < -0.3 is 9.47 Å². The molecule has 2 bridgehead atoms. The molecule has 2 heteroatoms. The lowest BCUT2D eigenvalue weighted by Crippen LogP contribution is -2.56. The van der Waals surface area contributed by atoms with E-state index in [1.54, 1.807) is 0 Å². The highest BCUT2D eigenvalue weighted by molar-refractivity contribution is 6.10. The molecule has 0 radical (unpaired) electrons. The van der Waals surface area contributed by atoms with Crippen molar-refractivity contribution in [3.05, 3.63) is 72.3 Å². The average molecular weight is 423 g/mol. The first-order valence-corrected chi connectivity index (χ1v) is 12.2. The van der Waals surface area contributed by atoms with Gasteiger partial charge in [0.1, 0.15) is 0 Å². The summed E-state index contributed by atoms with van der Waals surface area (Å²) >= 11 is 0. The minimum absolute atomic E-state index is 0.212. The second kappa shape index (κ2) is 6.41. The fourth-order valence-electron chi connectivity index (χ4n) is 7.48. The molecule has 1 aromatic heterocycles. The van der Waals surface area contributed by atoms with Crippen LogP contribution in [-0.2, 0) is 0 Å². The molecule has 0 amide bonds. The largest absolute Gasteiger partial charge is 0.362 e. The van der Waals surface area contributed by atoms with E-state index >= 15 is 0 Å². The molecule has 0 N–H and O–H groups in total. The minimum atomic E-state index is 0.212. The SMILES string of the molecule is Cc1cc2c(cc1N1C(C)C3(C)CC1(C)C(C)C3C)c1ccccc1n2-c1ccccc1. The Morgan fingerprint density at radius 3 is 2.19 bits per heavy atom. The molecule has 6 rings (SSSR count). The standard InChI is InChI=1S/C30H34N2/c1-19-16-28-25(24-14-10-11-15-26(24)31(28)23-12-8-7-9-13-23)17-27(19)32-22(4)29(5)18-30(32,6)21(3)20(29)2/h7-17,20-22H,18H2,1-6H3. The molecule has 2 nitrogen and oxygen atoms in total. The number of para-hydroxylation sites is 2. The Balaban J connectivity index is 1.62. The number of anilines is 1. The Morgan fingerprint density at radius 2 is 1.47 bits per heavy atom. The Labute approximate surface area is 191 Å². The van der Waals surface area contributed by atoms with Gasteiger partial charge in [-0.15, -0.1) is 0 Å². The highest BCUT2D eigenvalue weighted by Gasteiger charge is 2.65. The number of aromatic nitrogens is 1. The molecular weight excluding hydrogens is 388 g/mol. The van der Waals surface area contributed by atoms with E-state index in [0.29, 0.717) is 17.4 Å². The number of piperidine rings is 1. The van der Waals surface area contributed by atoms with Crippen LogP contribution >= 0.6 is 0 Å². The molecule has 5 atom stereocenters. The molecule has 4 aromatic rings. The maximum Gasteiger partial charge on any atom is 0.0545 e. The average Bonchev–Trinajstić information content (AvgIpc) is 3.28. The van der Waals surface area contributed by atoms with Gasteiger partial charge in [0, 0.05) is 33.7 Å². The number of benzene rings is 3. The van der Waals surface area contributed by atoms with E-state index in [1.807, 2.05) is 0 Å². The predicted molar refractivity (Wildman–Crippen MR) is 137 cm³/mol. The number of aryl methyl sites for hydroxylation is 1. The van der Waals surface area contributed by atoms with Crippen molar-refractivity contribution in [1.82, 2.24) is 4.57 Å². The molecule has 5 unspecified atom stereocenters. The highest BCUT2D eigenvalue weighted by Crippen LogP contribution is 2.64. The Morgan fingerprint density at radius 1 is 0.781 bits per heavy atom. The molecule has 3 aromatic carbocycles. The summed E-state index contributed by atoms with van der Waals surface area (Å²) in [4.78, 5) is 2.79. The van der Waals surface area contributed by atoms with E-state index in [1.165, 1.54) is 45.2 Å². The zero-order valence-corrected chi connectivity index (χ0v) is 20.2. The third-order valence-electron chi connectivity index (χ3n) is 9.67. The smallest absolute Gasteiger partial charge is 0.0545 e. The van der Waals surface area contributed by atoms with Gasteiger partial charge in [0.25, 0.3) is 0 Å². The van der Waals surface area contributed by atoms with Crippen molar-refractivity contribution in [1.29, 1.82) is 0 Å². The summed E-state index contributed by atoms with van der Waals surface area (Å²) in [5, 5.41) is 2.69. The normalized spacial score (nSPS) is 31.8. The van der Waals surface area contributed by atoms with Crippen LogP contribution in [0.3, 0.4) is 0 Å². The van der Waals surface area contributed by atoms with E-state index in [9.17, 15) is 0 Å². The Bertz CT molecular complexity index is 1350. The summed E-state index contributed by atoms with van der Waals surface area (Å²) in [7, 11) is 0. The first-order valence-electron chi connectivity index (χ1n) is 12.2. The van der Waals surface area contributed by atoms with Crippen LogP contribution in [0, 0.1) is 24.2 Å². The Kier molecular flexibility index (Phi) is 3.98. The van der Waals surface area contributed by atoms with Crippen LogP contribution in [0.25, 0.3) is 27.5 Å². The fraction of sp³-hybridized carbons (Fsp3) is 0.400. The Hall–Kier alpha value is -2.74. The third kappa shape index (κ3) is 2.31. The van der Waals surface area contributed by atoms with E-state index in [2.05, 4.69) is 118 Å². The van der Waals surface area contributed by atoms with Gasteiger partial charge in [-0.1, -0.05) is 57.2 Å². The first-order chi connectivity index (χ1) is 15.3. The minimum Gasteiger partial charge on any atom is -0.362 e. The van der Waals surface area contributed by atoms with Crippen LogP contribution in [0.5, 0.6) is 0 Å². The van der Waals surface area contributed by atoms with Gasteiger partial charge in [-0.05, 0) is 80.3 Å². The van der Waals surface area contributed by atoms with Crippen molar-refractivity contribution < 1.29 is 0 Å². The van der Waals surface area contributed by atoms with Crippen molar-refractivity contribution >= 4 is 27.5 Å². The summed E-state index contributed by atoms with van der Waals surface area (Å²) < 4.78 is 2.43. The van der Waals surface area contributed by atoms with Crippen LogP contribution in [0.15, 0.2) is 66.7 Å². The van der Waals surface area contributed by atoms with Gasteiger partial charge >= 0.3 is 0 Å². The summed E-state index contributed by atoms with van der Waals surface area (Å²) in [6.45, 7) is 14.8. The van der Waals surface area contributed by atoms with Gasteiger partial charge in [0.15, 0.2) is 0 Å². The van der Waals surface area contributed by atoms with Crippen molar-refractivity contribution in [3.8, 4) is 5.69 Å². The van der Waals surface area contributed by atoms with Crippen molar-refractivity contribution in [3.63, 3.8) is 0 Å². The maximum atomic E-state index is 2.79. The number of rotatable bonds is 2. The topological polar surface area (TPSA) is 8.17 Å². The summed E-state index contributed by atoms with van der Waals surface area (Å²) in [5.74, 6) is 1.44. The van der Waals surface area contributed by atoms with Crippen molar-refractivity contribution in [2.75, 3.05) is 4.90 Å². The van der Waals surface area contributed by atoms with Crippen LogP contribution in [-0.4, -0.2) is 16.1 Å². The van der Waals surface area contributed by atoms with E-state index < -0.39 is 0 Å². The fourth-order valence-corrected chi connectivity index (χ4v) is 7.48. The summed E-state index contributed by atoms with van der Waals surface area (Å²) in [6.07, 6.45) is 1.28. The van der Waals surface area contributed by atoms with Crippen molar-refractivity contribution in [2.24, 2.45) is 17.3 Å². The van der Waals surface area contributed by atoms with E-state index in [4.69, 9.17) is 0 Å². The maximum absolute atomic E-state index is 2.79. The molecule has 1 saturated heterocycles. The van der Waals surface area contributed by atoms with Crippen LogP contribution in [0.4, 0.5) is 5.69 Å². The third-order valence-corrected chi connectivity index (χ3v) is 9.67. The van der Waals surface area contributed by atoms with Gasteiger partial charge in [-0.3, -0.25) is 0 Å². The molecule has 1 saturated carbocycles. The van der Waals surface area contributed by atoms with Gasteiger partial charge in [0.05, 0.1) is 11.0 Å².